The van der Waals surface area contributed by atoms with Crippen LogP contribution in [0.2, 0.25) is 0 Å². The van der Waals surface area contributed by atoms with Crippen LogP contribution in [0.3, 0.4) is 0 Å². The minimum absolute atomic E-state index is 0.0953. The number of hydrogen-bond donors (Lipinski definition) is 1. The van der Waals surface area contributed by atoms with Gasteiger partial charge in [-0.15, -0.1) is 5.10 Å². The van der Waals surface area contributed by atoms with Gasteiger partial charge in [-0.3, -0.25) is 4.40 Å². The van der Waals surface area contributed by atoms with Crippen LogP contribution in [0.1, 0.15) is 11.4 Å². The summed E-state index contributed by atoms with van der Waals surface area (Å²) in [6.07, 6.45) is -4.50. The third-order valence-corrected chi connectivity index (χ3v) is 2.54. The fraction of sp³-hybridized carbons (Fsp3) is 0.200. The molecule has 0 saturated carbocycles. The average Bonchev–Trinajstić information content (AvgIpc) is 2.74. The molecule has 4 nitrogen and oxygen atoms in total. The van der Waals surface area contributed by atoms with E-state index in [2.05, 4.69) is 15.2 Å². The van der Waals surface area contributed by atoms with Crippen molar-refractivity contribution in [1.82, 2.24) is 19.6 Å². The van der Waals surface area contributed by atoms with E-state index in [4.69, 9.17) is 0 Å². The van der Waals surface area contributed by atoms with Crippen LogP contribution in [0.4, 0.5) is 13.2 Å². The first kappa shape index (κ1) is 10.1. The lowest BCUT2D eigenvalue weighted by Gasteiger charge is -2.02. The molecule has 0 fully saturated rings. The van der Waals surface area contributed by atoms with Crippen LogP contribution in [0.15, 0.2) is 18.2 Å². The van der Waals surface area contributed by atoms with E-state index in [-0.39, 0.29) is 5.78 Å². The molecule has 3 aromatic rings. The maximum absolute atomic E-state index is 12.7. The predicted molar refractivity (Wildman–Crippen MR) is 54.6 cm³/mol. The standard InChI is InChI=1S/C10H7F3N4/c1-5-2-3-6-7(4-5)17-8(10(11,12)13)15-16-9(17)14-6/h2-4H,1H3,(H,14,16). The van der Waals surface area contributed by atoms with Crippen LogP contribution < -0.4 is 0 Å². The average molecular weight is 240 g/mol. The van der Waals surface area contributed by atoms with E-state index in [0.29, 0.717) is 11.0 Å². The number of halogens is 3. The molecule has 0 aliphatic rings. The van der Waals surface area contributed by atoms with E-state index in [1.165, 1.54) is 0 Å². The van der Waals surface area contributed by atoms with Crippen LogP contribution in [-0.4, -0.2) is 19.6 Å². The molecular weight excluding hydrogens is 233 g/mol. The Morgan fingerprint density at radius 3 is 2.76 bits per heavy atom. The molecule has 0 bridgehead atoms. The lowest BCUT2D eigenvalue weighted by molar-refractivity contribution is -0.145. The van der Waals surface area contributed by atoms with E-state index >= 15 is 0 Å². The SMILES string of the molecule is Cc1ccc2nc3[nH]nc(C(F)(F)F)n3c2c1. The van der Waals surface area contributed by atoms with E-state index in [1.54, 1.807) is 18.2 Å². The van der Waals surface area contributed by atoms with Gasteiger partial charge in [0.15, 0.2) is 0 Å². The minimum atomic E-state index is -4.50. The number of alkyl halides is 3. The van der Waals surface area contributed by atoms with E-state index in [0.717, 1.165) is 9.96 Å². The van der Waals surface area contributed by atoms with Gasteiger partial charge in [-0.25, -0.2) is 10.1 Å². The van der Waals surface area contributed by atoms with Crippen LogP contribution in [0.25, 0.3) is 16.8 Å². The number of nitrogens with one attached hydrogen (secondary N) is 1. The van der Waals surface area contributed by atoms with Gasteiger partial charge in [0.2, 0.25) is 11.6 Å². The smallest absolute Gasteiger partial charge is 0.255 e. The van der Waals surface area contributed by atoms with Crippen LogP contribution in [0, 0.1) is 6.92 Å². The first-order chi connectivity index (χ1) is 7.97. The number of nitrogens with zero attached hydrogens (tertiary/aromatic N) is 3. The highest BCUT2D eigenvalue weighted by Gasteiger charge is 2.37. The number of H-pyrrole nitrogens is 1. The Kier molecular flexibility index (Phi) is 1.78. The second-order valence-electron chi connectivity index (χ2n) is 3.81. The predicted octanol–water partition coefficient (Wildman–Crippen LogP) is 2.54. The molecule has 7 heteroatoms. The quantitative estimate of drug-likeness (QED) is 0.656. The molecule has 1 N–H and O–H groups in total. The molecule has 2 heterocycles. The number of imidazole rings is 1. The monoisotopic (exact) mass is 240 g/mol. The van der Waals surface area contributed by atoms with Crippen molar-refractivity contribution in [2.24, 2.45) is 0 Å². The fourth-order valence-corrected chi connectivity index (χ4v) is 1.82. The lowest BCUT2D eigenvalue weighted by atomic mass is 10.2. The van der Waals surface area contributed by atoms with Crippen LogP contribution >= 0.6 is 0 Å². The maximum Gasteiger partial charge on any atom is 0.452 e. The highest BCUT2D eigenvalue weighted by molar-refractivity contribution is 5.80. The molecule has 0 aliphatic heterocycles. The lowest BCUT2D eigenvalue weighted by Crippen LogP contribution is -2.10. The zero-order chi connectivity index (χ0) is 12.2. The Morgan fingerprint density at radius 2 is 2.06 bits per heavy atom. The zero-order valence-corrected chi connectivity index (χ0v) is 8.71. The van der Waals surface area contributed by atoms with Crippen LogP contribution in [0.5, 0.6) is 0 Å². The van der Waals surface area contributed by atoms with Gasteiger partial charge in [-0.2, -0.15) is 13.2 Å². The first-order valence-electron chi connectivity index (χ1n) is 4.87. The molecule has 0 aliphatic carbocycles. The van der Waals surface area contributed by atoms with Gasteiger partial charge in [0, 0.05) is 0 Å². The Labute approximate surface area is 93.1 Å². The van der Waals surface area contributed by atoms with Crippen LogP contribution in [-0.2, 0) is 6.18 Å². The number of rotatable bonds is 0. The molecule has 3 rings (SSSR count). The molecule has 0 spiro atoms. The largest absolute Gasteiger partial charge is 0.452 e. The van der Waals surface area contributed by atoms with Gasteiger partial charge >= 0.3 is 6.18 Å². The molecular formula is C10H7F3N4. The number of benzene rings is 1. The van der Waals surface area contributed by atoms with Crippen molar-refractivity contribution in [3.63, 3.8) is 0 Å². The Bertz CT molecular complexity index is 707. The summed E-state index contributed by atoms with van der Waals surface area (Å²) in [6, 6.07) is 5.14. The molecule has 0 unspecified atom stereocenters. The van der Waals surface area contributed by atoms with E-state index in [9.17, 15) is 13.2 Å². The number of aromatic nitrogens is 4. The first-order valence-corrected chi connectivity index (χ1v) is 4.87. The number of aryl methyl sites for hydroxylation is 1. The molecule has 0 amide bonds. The molecule has 0 radical (unpaired) electrons. The fourth-order valence-electron chi connectivity index (χ4n) is 1.82. The van der Waals surface area contributed by atoms with Gasteiger partial charge in [0.05, 0.1) is 11.0 Å². The van der Waals surface area contributed by atoms with Gasteiger partial charge < -0.3 is 0 Å². The summed E-state index contributed by atoms with van der Waals surface area (Å²) in [5.74, 6) is -0.890. The zero-order valence-electron chi connectivity index (χ0n) is 8.71. The summed E-state index contributed by atoms with van der Waals surface area (Å²) in [5.41, 5.74) is 1.78. The second-order valence-corrected chi connectivity index (χ2v) is 3.81. The van der Waals surface area contributed by atoms with E-state index in [1.807, 2.05) is 6.92 Å². The van der Waals surface area contributed by atoms with Crippen molar-refractivity contribution in [2.45, 2.75) is 13.1 Å². The Hall–Kier alpha value is -2.05. The highest BCUT2D eigenvalue weighted by Crippen LogP contribution is 2.30. The summed E-state index contributed by atoms with van der Waals surface area (Å²) in [7, 11) is 0. The number of fused-ring (bicyclic) bond motifs is 3. The molecule has 17 heavy (non-hydrogen) atoms. The molecule has 0 saturated heterocycles. The molecule has 2 aromatic heterocycles. The number of aromatic amines is 1. The normalized spacial score (nSPS) is 12.7. The van der Waals surface area contributed by atoms with Crippen molar-refractivity contribution in [1.29, 1.82) is 0 Å². The van der Waals surface area contributed by atoms with Gasteiger partial charge in [0.25, 0.3) is 0 Å². The molecule has 1 aromatic carbocycles. The minimum Gasteiger partial charge on any atom is -0.255 e. The van der Waals surface area contributed by atoms with Crippen molar-refractivity contribution >= 4 is 16.8 Å². The molecule has 0 atom stereocenters. The summed E-state index contributed by atoms with van der Waals surface area (Å²) in [4.78, 5) is 4.04. The number of hydrogen-bond acceptors (Lipinski definition) is 2. The summed E-state index contributed by atoms with van der Waals surface area (Å²) >= 11 is 0. The third kappa shape index (κ3) is 1.38. The Balaban J connectivity index is 2.47. The van der Waals surface area contributed by atoms with Gasteiger partial charge in [0.1, 0.15) is 0 Å². The van der Waals surface area contributed by atoms with E-state index < -0.39 is 12.0 Å². The highest BCUT2D eigenvalue weighted by atomic mass is 19.4. The third-order valence-electron chi connectivity index (χ3n) is 2.54. The topological polar surface area (TPSA) is 46.0 Å². The maximum atomic E-state index is 12.7. The summed E-state index contributed by atoms with van der Waals surface area (Å²) < 4.78 is 39.2. The van der Waals surface area contributed by atoms with Crippen molar-refractivity contribution < 1.29 is 13.2 Å². The van der Waals surface area contributed by atoms with Crippen molar-refractivity contribution in [2.75, 3.05) is 0 Å². The summed E-state index contributed by atoms with van der Waals surface area (Å²) in [6.45, 7) is 1.81. The Morgan fingerprint density at radius 1 is 1.29 bits per heavy atom. The molecule has 88 valence electrons. The van der Waals surface area contributed by atoms with Gasteiger partial charge in [-0.1, -0.05) is 6.07 Å². The van der Waals surface area contributed by atoms with Crippen molar-refractivity contribution in [3.8, 4) is 0 Å². The second kappa shape index (κ2) is 2.99. The van der Waals surface area contributed by atoms with Gasteiger partial charge in [-0.05, 0) is 24.6 Å². The summed E-state index contributed by atoms with van der Waals surface area (Å²) in [5, 5.41) is 5.54. The van der Waals surface area contributed by atoms with Crippen molar-refractivity contribution in [3.05, 3.63) is 29.6 Å².